The molecule has 10 rings (SSSR count). The van der Waals surface area contributed by atoms with E-state index in [2.05, 4.69) is 95.7 Å². The molecule has 5 heterocycles. The molecule has 0 bridgehead atoms. The van der Waals surface area contributed by atoms with Crippen LogP contribution in [0.15, 0.2) is 120 Å². The Labute approximate surface area is 552 Å². The van der Waals surface area contributed by atoms with Crippen LogP contribution < -0.4 is 28.0 Å². The van der Waals surface area contributed by atoms with E-state index in [0.29, 0.717) is 36.5 Å². The van der Waals surface area contributed by atoms with Gasteiger partial charge in [0, 0.05) is 18.6 Å². The van der Waals surface area contributed by atoms with Crippen LogP contribution in [0.2, 0.25) is 0 Å². The molecule has 1 aliphatic carbocycles. The number of benzene rings is 4. The first kappa shape index (κ1) is 70.6. The van der Waals surface area contributed by atoms with Crippen molar-refractivity contribution in [3.63, 3.8) is 0 Å². The summed E-state index contributed by atoms with van der Waals surface area (Å²) in [6.07, 6.45) is 7.16. The third kappa shape index (κ3) is 12.1. The van der Waals surface area contributed by atoms with Crippen molar-refractivity contribution in [1.29, 1.82) is 5.26 Å². The van der Waals surface area contributed by atoms with Crippen LogP contribution in [0.25, 0.3) is 0 Å². The Morgan fingerprint density at radius 1 is 0.565 bits per heavy atom. The molecule has 1 N–H and O–H groups in total. The first-order chi connectivity index (χ1) is 42.5. The topological polar surface area (TPSA) is 181 Å². The maximum atomic E-state index is 14.8. The molecule has 4 unspecified atom stereocenters. The maximum absolute atomic E-state index is 14.8. The summed E-state index contributed by atoms with van der Waals surface area (Å²) in [5, 5.41) is 9.19. The van der Waals surface area contributed by atoms with E-state index in [0.717, 1.165) is 31.3 Å². The summed E-state index contributed by atoms with van der Waals surface area (Å²) in [6.45, 7) is 41.6. The molecule has 4 atom stereocenters. The van der Waals surface area contributed by atoms with Crippen LogP contribution in [-0.2, 0) is 49.3 Å². The zero-order chi connectivity index (χ0) is 67.5. The van der Waals surface area contributed by atoms with Gasteiger partial charge in [0.05, 0.1) is 25.7 Å². The van der Waals surface area contributed by atoms with Gasteiger partial charge in [0.25, 0.3) is 0 Å². The number of nitriles is 1. The summed E-state index contributed by atoms with van der Waals surface area (Å²) in [7, 11) is -0.00492. The van der Waals surface area contributed by atoms with Crippen LogP contribution in [0.4, 0.5) is 17.1 Å². The molecule has 0 saturated carbocycles. The minimum absolute atomic E-state index is 0.133. The summed E-state index contributed by atoms with van der Waals surface area (Å²) in [6, 6.07) is 31.8. The molecule has 4 aromatic rings. The number of rotatable bonds is 21. The number of fused-ring (bicyclic) bond motifs is 2. The van der Waals surface area contributed by atoms with E-state index in [1.807, 2.05) is 179 Å². The number of nitrogens with zero attached hydrogens (tertiary/aromatic N) is 4. The van der Waals surface area contributed by atoms with Crippen LogP contribution in [-0.4, -0.2) is 144 Å². The third-order valence-electron chi connectivity index (χ3n) is 20.7. The van der Waals surface area contributed by atoms with Crippen molar-refractivity contribution in [2.24, 2.45) is 5.92 Å². The molecular weight excluding hydrogens is 1310 g/mol. The van der Waals surface area contributed by atoms with Crippen LogP contribution in [0.3, 0.4) is 0 Å². The molecular formula is C71H103As2N5O13S. The van der Waals surface area contributed by atoms with Gasteiger partial charge in [0.2, 0.25) is 16.4 Å². The number of likely N-dealkylation sites (N-methyl/N-ethyl adjacent to an activating group) is 1. The number of anilines is 3. The van der Waals surface area contributed by atoms with Gasteiger partial charge >= 0.3 is 404 Å². The molecule has 4 fully saturated rings. The Hall–Kier alpha value is -4.16. The van der Waals surface area contributed by atoms with Gasteiger partial charge in [-0.15, -0.1) is 0 Å². The van der Waals surface area contributed by atoms with Crippen molar-refractivity contribution in [3.05, 3.63) is 126 Å². The number of allylic oxidation sites excluding steroid dienone is 1. The number of unbranched alkanes of at least 4 members (excludes halogenated alkanes) is 1. The predicted molar refractivity (Wildman–Crippen MR) is 364 cm³/mol. The molecule has 0 aromatic heterocycles. The van der Waals surface area contributed by atoms with Gasteiger partial charge in [0.1, 0.15) is 0 Å². The second-order valence-corrected chi connectivity index (χ2v) is 43.9. The van der Waals surface area contributed by atoms with E-state index < -0.39 is 94.8 Å². The molecule has 6 aliphatic rings. The zero-order valence-corrected chi connectivity index (χ0v) is 63.1. The van der Waals surface area contributed by atoms with Gasteiger partial charge in [-0.3, -0.25) is 4.90 Å². The summed E-state index contributed by atoms with van der Waals surface area (Å²) < 4.78 is 110. The van der Waals surface area contributed by atoms with E-state index in [-0.39, 0.29) is 48.5 Å². The van der Waals surface area contributed by atoms with Crippen molar-refractivity contribution >= 4 is 63.4 Å². The summed E-state index contributed by atoms with van der Waals surface area (Å²) in [5.74, 6) is 0.441. The van der Waals surface area contributed by atoms with Crippen molar-refractivity contribution in [2.75, 3.05) is 43.7 Å². The fourth-order valence-corrected chi connectivity index (χ4v) is 36.7. The Bertz CT molecular complexity index is 3490. The average Bonchev–Trinajstić information content (AvgIpc) is 1.50. The van der Waals surface area contributed by atoms with Gasteiger partial charge in [-0.05, 0) is 46.6 Å². The second-order valence-electron chi connectivity index (χ2n) is 30.1. The monoisotopic (exact) mass is 1420 g/mol. The first-order valence-electron chi connectivity index (χ1n) is 32.6. The van der Waals surface area contributed by atoms with E-state index in [1.54, 1.807) is 12.1 Å². The summed E-state index contributed by atoms with van der Waals surface area (Å²) in [4.78, 5) is 6.58. The Balaban J connectivity index is 0.964. The van der Waals surface area contributed by atoms with E-state index >= 15 is 0 Å². The predicted octanol–water partition coefficient (Wildman–Crippen LogP) is 12.6. The number of nitrogens with one attached hydrogen (secondary N) is 1. The van der Waals surface area contributed by atoms with E-state index in [1.165, 1.54) is 0 Å². The average molecular weight is 1420 g/mol. The molecule has 0 radical (unpaired) electrons. The molecule has 506 valence electrons. The number of sulfonamides is 1. The van der Waals surface area contributed by atoms with E-state index in [4.69, 9.17) is 44.0 Å². The molecule has 4 aromatic carbocycles. The van der Waals surface area contributed by atoms with Crippen molar-refractivity contribution in [3.8, 4) is 11.8 Å². The first-order valence-corrected chi connectivity index (χ1v) is 42.1. The number of hydrogen-bond donors (Lipinski definition) is 1. The standard InChI is InChI=1S/C71H103As2N5O13S/c1-48(2)78(49(3)4)63(82-45-27-42-74)81-44-26-25-43-75-92(79,80)61-29-24-23-28-58(61)62-56-40-38-54(76(21)52-34-30-50(31-35-52)72(84-64(5,6)65(7,8)85-72)86-66(9,10)67(11,12)87-72)46-59(56)83-60-47-55(39-41-57(60)62)77(22)53-36-32-51(33-37-53)73(88-68(13,14)69(15,16)89-73)90-70(17,18)71(19,20)91-73/h23-24,28-41,46-49,54,56,62-63,75H,25-27,43-45H2,1-22H3. The third-order valence-corrected chi connectivity index (χ3v) is 40.0. The fourth-order valence-electron chi connectivity index (χ4n) is 13.1. The Morgan fingerprint density at radius 3 is 1.48 bits per heavy atom. The quantitative estimate of drug-likeness (QED) is 0.0360. The molecule has 0 amide bonds. The second kappa shape index (κ2) is 23.8. The molecule has 18 nitrogen and oxygen atoms in total. The molecule has 2 spiro atoms. The van der Waals surface area contributed by atoms with Gasteiger partial charge < -0.3 is 9.47 Å². The number of hydrogen-bond acceptors (Lipinski definition) is 17. The van der Waals surface area contributed by atoms with Gasteiger partial charge in [-0.1, -0.05) is 12.1 Å². The molecule has 21 heteroatoms. The Kier molecular flexibility index (Phi) is 18.3. The van der Waals surface area contributed by atoms with Crippen LogP contribution in [0, 0.1) is 17.2 Å². The molecule has 4 saturated heterocycles. The fraction of sp³-hybridized carbons (Fsp3) is 0.592. The number of ether oxygens (including phenoxy) is 3. The van der Waals surface area contributed by atoms with Crippen molar-refractivity contribution in [2.45, 2.75) is 238 Å². The minimum atomic E-state index is -5.19. The van der Waals surface area contributed by atoms with Gasteiger partial charge in [-0.2, -0.15) is 5.26 Å². The zero-order valence-electron chi connectivity index (χ0n) is 58.5. The summed E-state index contributed by atoms with van der Waals surface area (Å²) in [5.41, 5.74) is -1.69. The van der Waals surface area contributed by atoms with Crippen molar-refractivity contribution in [1.82, 2.24) is 9.62 Å². The SMILES string of the molecule is CC(C)N(C(C)C)C(OCCC#N)OCCCCNS(=O)(=O)c1ccccc1C1c2ccc(N(C)c3ccc([As]45(OC(C)(C)C(C)(C)O4)OC(C)(C)C(C)(C)O5)cc3)cc2OC2=CC(N(C)c3ccc([As]45(OC(C)(C)C(C)(C)O4)OC(C)(C)C(C)(C)O5)cc3)C=CC21. The molecule has 5 aliphatic heterocycles. The summed E-state index contributed by atoms with van der Waals surface area (Å²) >= 11 is -10.4. The van der Waals surface area contributed by atoms with Crippen LogP contribution >= 0.6 is 0 Å². The van der Waals surface area contributed by atoms with Crippen molar-refractivity contribution < 1.29 is 52.4 Å². The normalized spacial score (nSPS) is 26.8. The van der Waals surface area contributed by atoms with E-state index in [9.17, 15) is 13.7 Å². The molecule has 92 heavy (non-hydrogen) atoms. The van der Waals surface area contributed by atoms with Crippen LogP contribution in [0.1, 0.15) is 175 Å². The Morgan fingerprint density at radius 2 is 1.01 bits per heavy atom. The van der Waals surface area contributed by atoms with Crippen LogP contribution in [0.5, 0.6) is 5.75 Å². The van der Waals surface area contributed by atoms with Gasteiger partial charge in [0.15, 0.2) is 0 Å². The van der Waals surface area contributed by atoms with Gasteiger partial charge in [-0.25, -0.2) is 13.1 Å².